The van der Waals surface area contributed by atoms with Gasteiger partial charge in [-0.3, -0.25) is 4.98 Å². The Balaban J connectivity index is 2.26. The fourth-order valence-electron chi connectivity index (χ4n) is 1.61. The lowest BCUT2D eigenvalue weighted by molar-refractivity contribution is 0.450. The third kappa shape index (κ3) is 2.14. The molecular weight excluding hydrogens is 206 g/mol. The van der Waals surface area contributed by atoms with E-state index < -0.39 is 5.69 Å². The Morgan fingerprint density at radius 3 is 2.62 bits per heavy atom. The second-order valence-electron chi connectivity index (χ2n) is 3.61. The first-order chi connectivity index (χ1) is 7.69. The van der Waals surface area contributed by atoms with E-state index in [4.69, 9.17) is 5.73 Å². The minimum Gasteiger partial charge on any atom is -0.493 e. The summed E-state index contributed by atoms with van der Waals surface area (Å²) in [4.78, 5) is 15.7. The van der Waals surface area contributed by atoms with E-state index in [1.807, 2.05) is 24.3 Å². The summed E-state index contributed by atoms with van der Waals surface area (Å²) in [6.07, 6.45) is 0.471. The Hall–Kier alpha value is -2.01. The van der Waals surface area contributed by atoms with Crippen molar-refractivity contribution >= 4 is 0 Å². The highest BCUT2D eigenvalue weighted by atomic mass is 16.3. The van der Waals surface area contributed by atoms with Crippen molar-refractivity contribution in [3.63, 3.8) is 0 Å². The fraction of sp³-hybridized carbons (Fsp3) is 0.182. The molecule has 1 heterocycles. The lowest BCUT2D eigenvalue weighted by Crippen LogP contribution is -2.01. The van der Waals surface area contributed by atoms with Gasteiger partial charge in [-0.05, 0) is 11.1 Å². The summed E-state index contributed by atoms with van der Waals surface area (Å²) in [5.74, 6) is -0.108. The molecule has 1 aromatic heterocycles. The summed E-state index contributed by atoms with van der Waals surface area (Å²) in [6.45, 7) is 0.476. The van der Waals surface area contributed by atoms with E-state index in [1.54, 1.807) is 0 Å². The number of aromatic amines is 2. The van der Waals surface area contributed by atoms with Gasteiger partial charge in [0.1, 0.15) is 0 Å². The average molecular weight is 219 g/mol. The molecule has 0 fully saturated rings. The maximum absolute atomic E-state index is 10.9. The Labute approximate surface area is 91.9 Å². The summed E-state index contributed by atoms with van der Waals surface area (Å²) in [6, 6.07) is 7.71. The van der Waals surface area contributed by atoms with Gasteiger partial charge in [0.05, 0.1) is 5.69 Å². The zero-order valence-corrected chi connectivity index (χ0v) is 8.66. The van der Waals surface area contributed by atoms with Crippen molar-refractivity contribution in [3.05, 3.63) is 51.6 Å². The van der Waals surface area contributed by atoms with E-state index >= 15 is 0 Å². The lowest BCUT2D eigenvalue weighted by Gasteiger charge is -2.02. The molecule has 0 bridgehead atoms. The third-order valence-corrected chi connectivity index (χ3v) is 2.39. The van der Waals surface area contributed by atoms with E-state index in [9.17, 15) is 9.90 Å². The van der Waals surface area contributed by atoms with Crippen LogP contribution in [0.1, 0.15) is 16.8 Å². The van der Waals surface area contributed by atoms with Gasteiger partial charge in [0.15, 0.2) is 0 Å². The van der Waals surface area contributed by atoms with E-state index in [-0.39, 0.29) is 5.88 Å². The minimum absolute atomic E-state index is 0.108. The van der Waals surface area contributed by atoms with Gasteiger partial charge in [0.25, 0.3) is 0 Å². The van der Waals surface area contributed by atoms with Gasteiger partial charge < -0.3 is 15.8 Å². The molecule has 0 aliphatic carbocycles. The van der Waals surface area contributed by atoms with Crippen molar-refractivity contribution in [1.29, 1.82) is 0 Å². The highest BCUT2D eigenvalue weighted by Crippen LogP contribution is 2.14. The number of hydrogen-bond acceptors (Lipinski definition) is 3. The van der Waals surface area contributed by atoms with Crippen LogP contribution in [-0.2, 0) is 13.0 Å². The Morgan fingerprint density at radius 1 is 1.25 bits per heavy atom. The normalized spacial score (nSPS) is 10.6. The first-order valence-corrected chi connectivity index (χ1v) is 4.97. The highest BCUT2D eigenvalue weighted by Gasteiger charge is 2.06. The van der Waals surface area contributed by atoms with Crippen molar-refractivity contribution in [1.82, 2.24) is 9.97 Å². The van der Waals surface area contributed by atoms with Crippen LogP contribution in [0.4, 0.5) is 0 Å². The Bertz CT molecular complexity index is 542. The van der Waals surface area contributed by atoms with Crippen LogP contribution in [0, 0.1) is 0 Å². The summed E-state index contributed by atoms with van der Waals surface area (Å²) < 4.78 is 0. The molecule has 1 aromatic carbocycles. The summed E-state index contributed by atoms with van der Waals surface area (Å²) >= 11 is 0. The van der Waals surface area contributed by atoms with Crippen molar-refractivity contribution in [2.24, 2.45) is 5.73 Å². The van der Waals surface area contributed by atoms with Crippen LogP contribution in [0.3, 0.4) is 0 Å². The lowest BCUT2D eigenvalue weighted by atomic mass is 10.1. The SMILES string of the molecule is NCc1cccc(Cc2[nH]c(=O)[nH]c2O)c1. The average Bonchev–Trinajstić information content (AvgIpc) is 2.58. The molecular formula is C11H13N3O2. The molecule has 0 spiro atoms. The predicted molar refractivity (Wildman–Crippen MR) is 60.2 cm³/mol. The van der Waals surface area contributed by atoms with Gasteiger partial charge in [0.2, 0.25) is 5.88 Å². The first-order valence-electron chi connectivity index (χ1n) is 4.97. The van der Waals surface area contributed by atoms with Crippen molar-refractivity contribution in [2.75, 3.05) is 0 Å². The van der Waals surface area contributed by atoms with Crippen LogP contribution in [0.25, 0.3) is 0 Å². The number of nitrogens with one attached hydrogen (secondary N) is 2. The number of H-pyrrole nitrogens is 2. The topological polar surface area (TPSA) is 94.9 Å². The number of nitrogens with two attached hydrogens (primary N) is 1. The van der Waals surface area contributed by atoms with Gasteiger partial charge in [0, 0.05) is 13.0 Å². The molecule has 0 aliphatic rings. The van der Waals surface area contributed by atoms with Crippen molar-refractivity contribution < 1.29 is 5.11 Å². The number of rotatable bonds is 3. The Kier molecular flexibility index (Phi) is 2.78. The fourth-order valence-corrected chi connectivity index (χ4v) is 1.61. The van der Waals surface area contributed by atoms with E-state index in [0.717, 1.165) is 11.1 Å². The van der Waals surface area contributed by atoms with Gasteiger partial charge in [-0.25, -0.2) is 4.79 Å². The maximum Gasteiger partial charge on any atom is 0.325 e. The second-order valence-corrected chi connectivity index (χ2v) is 3.61. The minimum atomic E-state index is -0.400. The molecule has 84 valence electrons. The van der Waals surface area contributed by atoms with Crippen molar-refractivity contribution in [3.8, 4) is 5.88 Å². The highest BCUT2D eigenvalue weighted by molar-refractivity contribution is 5.29. The molecule has 16 heavy (non-hydrogen) atoms. The molecule has 0 saturated heterocycles. The monoisotopic (exact) mass is 219 g/mol. The molecule has 2 aromatic rings. The van der Waals surface area contributed by atoms with Crippen LogP contribution in [0.15, 0.2) is 29.1 Å². The molecule has 0 saturated carbocycles. The maximum atomic E-state index is 10.9. The van der Waals surface area contributed by atoms with Gasteiger partial charge >= 0.3 is 5.69 Å². The van der Waals surface area contributed by atoms with E-state index in [1.165, 1.54) is 0 Å². The summed E-state index contributed by atoms with van der Waals surface area (Å²) in [5, 5.41) is 9.41. The van der Waals surface area contributed by atoms with Crippen molar-refractivity contribution in [2.45, 2.75) is 13.0 Å². The standard InChI is InChI=1S/C11H13N3O2/c12-6-8-3-1-2-7(4-8)5-9-10(15)14-11(16)13-9/h1-4,15H,5-6,12H2,(H2,13,14,16). The number of hydrogen-bond donors (Lipinski definition) is 4. The number of imidazole rings is 1. The summed E-state index contributed by atoms with van der Waals surface area (Å²) in [5.41, 5.74) is 7.63. The molecule has 0 amide bonds. The number of benzene rings is 1. The van der Waals surface area contributed by atoms with Gasteiger partial charge in [-0.15, -0.1) is 0 Å². The van der Waals surface area contributed by atoms with Crippen LogP contribution < -0.4 is 11.4 Å². The van der Waals surface area contributed by atoms with Crippen LogP contribution in [0.2, 0.25) is 0 Å². The molecule has 0 aliphatic heterocycles. The van der Waals surface area contributed by atoms with Gasteiger partial charge in [-0.2, -0.15) is 0 Å². The molecule has 5 nitrogen and oxygen atoms in total. The predicted octanol–water partition coefficient (Wildman–Crippen LogP) is 0.458. The molecule has 0 atom stereocenters. The molecule has 0 radical (unpaired) electrons. The molecule has 5 N–H and O–H groups in total. The smallest absolute Gasteiger partial charge is 0.325 e. The second kappa shape index (κ2) is 4.24. The Morgan fingerprint density at radius 2 is 2.00 bits per heavy atom. The zero-order chi connectivity index (χ0) is 11.5. The first kappa shape index (κ1) is 10.5. The van der Waals surface area contributed by atoms with Crippen LogP contribution in [-0.4, -0.2) is 15.1 Å². The number of aromatic nitrogens is 2. The quantitative estimate of drug-likeness (QED) is 0.604. The third-order valence-electron chi connectivity index (χ3n) is 2.39. The zero-order valence-electron chi connectivity index (χ0n) is 8.66. The largest absolute Gasteiger partial charge is 0.493 e. The van der Waals surface area contributed by atoms with Crippen LogP contribution >= 0.6 is 0 Å². The number of aromatic hydroxyl groups is 1. The molecule has 0 unspecified atom stereocenters. The summed E-state index contributed by atoms with van der Waals surface area (Å²) in [7, 11) is 0. The van der Waals surface area contributed by atoms with E-state index in [2.05, 4.69) is 9.97 Å². The molecule has 5 heteroatoms. The molecule has 2 rings (SSSR count). The van der Waals surface area contributed by atoms with Crippen LogP contribution in [0.5, 0.6) is 5.88 Å². The van der Waals surface area contributed by atoms with E-state index in [0.29, 0.717) is 18.7 Å². The van der Waals surface area contributed by atoms with Gasteiger partial charge in [-0.1, -0.05) is 24.3 Å².